The first kappa shape index (κ1) is 20.6. The molecule has 1 aliphatic heterocycles. The van der Waals surface area contributed by atoms with Crippen LogP contribution in [0.1, 0.15) is 18.5 Å². The summed E-state index contributed by atoms with van der Waals surface area (Å²) in [5.74, 6) is -2.54. The molecule has 5 nitrogen and oxygen atoms in total. The smallest absolute Gasteiger partial charge is 0.244 e. The summed E-state index contributed by atoms with van der Waals surface area (Å²) in [5, 5.41) is 0. The maximum absolute atomic E-state index is 13.9. The van der Waals surface area contributed by atoms with Crippen LogP contribution >= 0.6 is 0 Å². The van der Waals surface area contributed by atoms with Crippen LogP contribution in [0, 0.1) is 17.5 Å². The minimum Gasteiger partial charge on any atom is -0.369 e. The number of anilines is 1. The number of likely N-dealkylation sites (N-methyl/N-ethyl adjacent to an activating group) is 1. The first-order chi connectivity index (χ1) is 13.2. The first-order valence-electron chi connectivity index (χ1n) is 8.88. The number of rotatable bonds is 5. The second-order valence-electron chi connectivity index (χ2n) is 6.91. The average molecular weight is 413 g/mol. The van der Waals surface area contributed by atoms with Gasteiger partial charge in [0.1, 0.15) is 22.3 Å². The van der Waals surface area contributed by atoms with E-state index in [9.17, 15) is 21.6 Å². The summed E-state index contributed by atoms with van der Waals surface area (Å²) in [7, 11) is -2.25. The van der Waals surface area contributed by atoms with Crippen LogP contribution in [0.25, 0.3) is 0 Å². The normalized spacial score (nSPS) is 17.0. The molecule has 28 heavy (non-hydrogen) atoms. The Kier molecular flexibility index (Phi) is 5.97. The summed E-state index contributed by atoms with van der Waals surface area (Å²) in [4.78, 5) is 3.58. The van der Waals surface area contributed by atoms with E-state index in [0.29, 0.717) is 11.6 Å². The number of piperazine rings is 1. The zero-order valence-electron chi connectivity index (χ0n) is 15.6. The van der Waals surface area contributed by atoms with Crippen LogP contribution in [-0.2, 0) is 10.0 Å². The fourth-order valence-electron chi connectivity index (χ4n) is 3.26. The Balaban J connectivity index is 1.89. The summed E-state index contributed by atoms with van der Waals surface area (Å²) < 4.78 is 68.4. The van der Waals surface area contributed by atoms with Gasteiger partial charge in [0.15, 0.2) is 0 Å². The van der Waals surface area contributed by atoms with Crippen molar-refractivity contribution >= 4 is 15.7 Å². The molecule has 0 amide bonds. The molecule has 152 valence electrons. The lowest BCUT2D eigenvalue weighted by atomic mass is 10.0. The lowest BCUT2D eigenvalue weighted by molar-refractivity contribution is 0.312. The van der Waals surface area contributed by atoms with Gasteiger partial charge in [-0.1, -0.05) is 0 Å². The number of sulfonamides is 1. The van der Waals surface area contributed by atoms with Crippen molar-refractivity contribution in [1.82, 2.24) is 9.62 Å². The summed E-state index contributed by atoms with van der Waals surface area (Å²) in [6.45, 7) is 4.67. The monoisotopic (exact) mass is 413 g/mol. The van der Waals surface area contributed by atoms with Gasteiger partial charge in [-0.3, -0.25) is 0 Å². The second-order valence-corrected chi connectivity index (χ2v) is 8.59. The van der Waals surface area contributed by atoms with Gasteiger partial charge < -0.3 is 9.80 Å². The Hall–Kier alpha value is -2.10. The molecule has 9 heteroatoms. The van der Waals surface area contributed by atoms with Gasteiger partial charge in [0, 0.05) is 44.0 Å². The number of halogens is 3. The van der Waals surface area contributed by atoms with E-state index in [-0.39, 0.29) is 0 Å². The minimum atomic E-state index is -4.27. The molecule has 0 spiro atoms. The van der Waals surface area contributed by atoms with Gasteiger partial charge in [0.2, 0.25) is 10.0 Å². The molecule has 1 saturated heterocycles. The lowest BCUT2D eigenvalue weighted by Gasteiger charge is -2.36. The molecule has 0 unspecified atom stereocenters. The third-order valence-corrected chi connectivity index (χ3v) is 6.39. The third kappa shape index (κ3) is 4.48. The Morgan fingerprint density at radius 1 is 0.964 bits per heavy atom. The van der Waals surface area contributed by atoms with E-state index in [1.54, 1.807) is 13.0 Å². The number of hydrogen-bond donors (Lipinski definition) is 1. The average Bonchev–Trinajstić information content (AvgIpc) is 2.61. The van der Waals surface area contributed by atoms with Gasteiger partial charge >= 0.3 is 0 Å². The van der Waals surface area contributed by atoms with E-state index < -0.39 is 38.4 Å². The van der Waals surface area contributed by atoms with Crippen LogP contribution in [0.4, 0.5) is 18.9 Å². The highest BCUT2D eigenvalue weighted by atomic mass is 32.2. The zero-order valence-corrected chi connectivity index (χ0v) is 16.4. The summed E-state index contributed by atoms with van der Waals surface area (Å²) in [6.07, 6.45) is 0. The van der Waals surface area contributed by atoms with Crippen molar-refractivity contribution in [1.29, 1.82) is 0 Å². The highest BCUT2D eigenvalue weighted by Crippen LogP contribution is 2.29. The van der Waals surface area contributed by atoms with Gasteiger partial charge in [-0.05, 0) is 49.9 Å². The SMILES string of the molecule is C[C@H](NS(=O)(=O)c1ccc(F)cc1F)c1cc(F)ccc1N1CCN(C)CC1. The van der Waals surface area contributed by atoms with Crippen LogP contribution in [0.5, 0.6) is 0 Å². The number of nitrogens with one attached hydrogen (secondary N) is 1. The summed E-state index contributed by atoms with van der Waals surface area (Å²) >= 11 is 0. The van der Waals surface area contributed by atoms with Crippen molar-refractivity contribution in [2.24, 2.45) is 0 Å². The molecule has 0 radical (unpaired) electrons. The maximum Gasteiger partial charge on any atom is 0.244 e. The molecule has 0 aliphatic carbocycles. The largest absolute Gasteiger partial charge is 0.369 e. The second kappa shape index (κ2) is 8.10. The van der Waals surface area contributed by atoms with E-state index in [1.165, 1.54) is 12.1 Å². The molecule has 1 N–H and O–H groups in total. The molecule has 1 aliphatic rings. The molecule has 1 atom stereocenters. The Morgan fingerprint density at radius 2 is 1.57 bits per heavy atom. The lowest BCUT2D eigenvalue weighted by Crippen LogP contribution is -2.45. The maximum atomic E-state index is 13.9. The first-order valence-corrected chi connectivity index (χ1v) is 10.4. The Bertz CT molecular complexity index is 961. The number of hydrogen-bond acceptors (Lipinski definition) is 4. The zero-order chi connectivity index (χ0) is 20.5. The quantitative estimate of drug-likeness (QED) is 0.819. The van der Waals surface area contributed by atoms with Crippen molar-refractivity contribution in [2.75, 3.05) is 38.1 Å². The number of benzene rings is 2. The molecular weight excluding hydrogens is 391 g/mol. The minimum absolute atomic E-state index is 0.454. The van der Waals surface area contributed by atoms with Crippen LogP contribution < -0.4 is 9.62 Å². The van der Waals surface area contributed by atoms with E-state index >= 15 is 0 Å². The van der Waals surface area contributed by atoms with Crippen LogP contribution in [-0.4, -0.2) is 46.5 Å². The third-order valence-electron chi connectivity index (χ3n) is 4.82. The molecule has 0 saturated carbocycles. The van der Waals surface area contributed by atoms with Gasteiger partial charge in [-0.25, -0.2) is 26.3 Å². The van der Waals surface area contributed by atoms with Crippen molar-refractivity contribution in [3.05, 3.63) is 59.4 Å². The molecule has 0 aromatic heterocycles. The highest BCUT2D eigenvalue weighted by Gasteiger charge is 2.26. The number of nitrogens with zero attached hydrogens (tertiary/aromatic N) is 2. The van der Waals surface area contributed by atoms with Gasteiger partial charge in [-0.2, -0.15) is 0 Å². The molecule has 0 bridgehead atoms. The predicted octanol–water partition coefficient (Wildman–Crippen LogP) is 2.90. The van der Waals surface area contributed by atoms with Gasteiger partial charge in [0.05, 0.1) is 0 Å². The van der Waals surface area contributed by atoms with Gasteiger partial charge in [-0.15, -0.1) is 0 Å². The molecular formula is C19H22F3N3O2S. The standard InChI is InChI=1S/C19H22F3N3O2S/c1-13(23-28(26,27)19-6-4-15(21)12-17(19)22)16-11-14(20)3-5-18(16)25-9-7-24(2)8-10-25/h3-6,11-13,23H,7-10H2,1-2H3/t13-/m0/s1. The van der Waals surface area contributed by atoms with Gasteiger partial charge in [0.25, 0.3) is 0 Å². The van der Waals surface area contributed by atoms with Crippen molar-refractivity contribution < 1.29 is 21.6 Å². The van der Waals surface area contributed by atoms with E-state index in [0.717, 1.165) is 44.0 Å². The van der Waals surface area contributed by atoms with E-state index in [4.69, 9.17) is 0 Å². The van der Waals surface area contributed by atoms with Crippen LogP contribution in [0.3, 0.4) is 0 Å². The summed E-state index contributed by atoms with van der Waals surface area (Å²) in [6, 6.07) is 5.67. The Labute approximate surface area is 162 Å². The predicted molar refractivity (Wildman–Crippen MR) is 101 cm³/mol. The molecule has 1 heterocycles. The topological polar surface area (TPSA) is 52.7 Å². The molecule has 3 rings (SSSR count). The van der Waals surface area contributed by atoms with Crippen molar-refractivity contribution in [3.63, 3.8) is 0 Å². The Morgan fingerprint density at radius 3 is 2.21 bits per heavy atom. The van der Waals surface area contributed by atoms with E-state index in [1.807, 2.05) is 7.05 Å². The highest BCUT2D eigenvalue weighted by molar-refractivity contribution is 7.89. The molecule has 1 fully saturated rings. The summed E-state index contributed by atoms with van der Waals surface area (Å²) in [5.41, 5.74) is 1.18. The van der Waals surface area contributed by atoms with Crippen LogP contribution in [0.15, 0.2) is 41.3 Å². The van der Waals surface area contributed by atoms with Crippen LogP contribution in [0.2, 0.25) is 0 Å². The molecule has 2 aromatic carbocycles. The van der Waals surface area contributed by atoms with Crippen molar-refractivity contribution in [2.45, 2.75) is 17.9 Å². The fraction of sp³-hybridized carbons (Fsp3) is 0.368. The van der Waals surface area contributed by atoms with Crippen molar-refractivity contribution in [3.8, 4) is 0 Å². The molecule has 2 aromatic rings. The van der Waals surface area contributed by atoms with E-state index in [2.05, 4.69) is 14.5 Å². The fourth-order valence-corrected chi connectivity index (χ4v) is 4.54.